The minimum absolute atomic E-state index is 0.206. The smallest absolute Gasteiger partial charge is 0.246 e. The van der Waals surface area contributed by atoms with Gasteiger partial charge in [-0.25, -0.2) is 4.39 Å². The number of halogens is 2. The highest BCUT2D eigenvalue weighted by Crippen LogP contribution is 2.17. The van der Waals surface area contributed by atoms with Crippen LogP contribution < -0.4 is 10.6 Å². The number of hydrogen-bond donors (Lipinski definition) is 2. The molecule has 5 heteroatoms. The van der Waals surface area contributed by atoms with Crippen molar-refractivity contribution in [3.8, 4) is 0 Å². The summed E-state index contributed by atoms with van der Waals surface area (Å²) in [7, 11) is 0. The van der Waals surface area contributed by atoms with E-state index in [-0.39, 0.29) is 11.7 Å². The Morgan fingerprint density at radius 2 is 2.00 bits per heavy atom. The molecule has 0 spiro atoms. The van der Waals surface area contributed by atoms with E-state index in [9.17, 15) is 9.18 Å². The Morgan fingerprint density at radius 1 is 1.24 bits per heavy atom. The zero-order valence-corrected chi connectivity index (χ0v) is 13.9. The van der Waals surface area contributed by atoms with Crippen LogP contribution >= 0.6 is 22.6 Å². The summed E-state index contributed by atoms with van der Waals surface area (Å²) in [6.07, 6.45) is 0. The van der Waals surface area contributed by atoms with Gasteiger partial charge in [0.2, 0.25) is 5.91 Å². The molecule has 0 bridgehead atoms. The molecule has 0 aliphatic carbocycles. The van der Waals surface area contributed by atoms with Crippen LogP contribution in [0.2, 0.25) is 0 Å². The van der Waals surface area contributed by atoms with Gasteiger partial charge in [-0.15, -0.1) is 0 Å². The fraction of sp³-hybridized carbons (Fsp3) is 0.188. The molecule has 0 aliphatic heterocycles. The molecular weight excluding hydrogens is 382 g/mol. The average molecular weight is 398 g/mol. The number of carbonyl (C=O) groups is 1. The normalized spacial score (nSPS) is 11.8. The van der Waals surface area contributed by atoms with E-state index in [1.165, 1.54) is 12.1 Å². The van der Waals surface area contributed by atoms with E-state index >= 15 is 0 Å². The predicted octanol–water partition coefficient (Wildman–Crippen LogP) is 4.18. The Bertz CT molecular complexity index is 660. The lowest BCUT2D eigenvalue weighted by atomic mass is 10.2. The van der Waals surface area contributed by atoms with E-state index in [1.54, 1.807) is 13.0 Å². The first-order valence-corrected chi connectivity index (χ1v) is 7.62. The topological polar surface area (TPSA) is 41.1 Å². The zero-order valence-electron chi connectivity index (χ0n) is 11.8. The van der Waals surface area contributed by atoms with Crippen molar-refractivity contribution in [3.63, 3.8) is 0 Å². The highest BCUT2D eigenvalue weighted by Gasteiger charge is 2.14. The van der Waals surface area contributed by atoms with Gasteiger partial charge in [-0.3, -0.25) is 4.79 Å². The molecule has 0 heterocycles. The van der Waals surface area contributed by atoms with Gasteiger partial charge in [-0.2, -0.15) is 0 Å². The molecule has 0 saturated carbocycles. The lowest BCUT2D eigenvalue weighted by Crippen LogP contribution is -2.32. The maximum atomic E-state index is 13.2. The molecule has 0 aliphatic rings. The number of amides is 1. The van der Waals surface area contributed by atoms with Crippen molar-refractivity contribution >= 4 is 39.9 Å². The van der Waals surface area contributed by atoms with E-state index in [2.05, 4.69) is 33.2 Å². The summed E-state index contributed by atoms with van der Waals surface area (Å²) in [6, 6.07) is 11.7. The van der Waals surface area contributed by atoms with Crippen LogP contribution in [0.3, 0.4) is 0 Å². The molecule has 0 aromatic heterocycles. The fourth-order valence-corrected chi connectivity index (χ4v) is 2.41. The van der Waals surface area contributed by atoms with Gasteiger partial charge in [-0.1, -0.05) is 12.1 Å². The van der Waals surface area contributed by atoms with Crippen LogP contribution in [0.5, 0.6) is 0 Å². The van der Waals surface area contributed by atoms with Crippen molar-refractivity contribution in [2.24, 2.45) is 0 Å². The molecule has 0 saturated heterocycles. The van der Waals surface area contributed by atoms with E-state index in [0.717, 1.165) is 14.8 Å². The minimum atomic E-state index is -0.425. The number of nitrogens with one attached hydrogen (secondary N) is 2. The molecule has 3 nitrogen and oxygen atoms in total. The van der Waals surface area contributed by atoms with Crippen LogP contribution in [0, 0.1) is 16.3 Å². The highest BCUT2D eigenvalue weighted by molar-refractivity contribution is 14.1. The second kappa shape index (κ2) is 6.89. The lowest BCUT2D eigenvalue weighted by Gasteiger charge is -2.16. The maximum absolute atomic E-state index is 13.2. The number of benzene rings is 2. The van der Waals surface area contributed by atoms with Crippen molar-refractivity contribution in [1.82, 2.24) is 0 Å². The van der Waals surface area contributed by atoms with Crippen molar-refractivity contribution < 1.29 is 9.18 Å². The SMILES string of the molecule is Cc1ccc(F)cc1NC(=O)C(C)Nc1cccc(I)c1. The van der Waals surface area contributed by atoms with E-state index in [1.807, 2.05) is 31.2 Å². The molecule has 21 heavy (non-hydrogen) atoms. The van der Waals surface area contributed by atoms with Gasteiger partial charge in [0.25, 0.3) is 0 Å². The Kier molecular flexibility index (Phi) is 5.17. The average Bonchev–Trinajstić information content (AvgIpc) is 2.43. The number of rotatable bonds is 4. The number of carbonyl (C=O) groups excluding carboxylic acids is 1. The van der Waals surface area contributed by atoms with Gasteiger partial charge < -0.3 is 10.6 Å². The lowest BCUT2D eigenvalue weighted by molar-refractivity contribution is -0.116. The van der Waals surface area contributed by atoms with Gasteiger partial charge >= 0.3 is 0 Å². The Labute approximate surface area is 137 Å². The molecule has 0 radical (unpaired) electrons. The summed E-state index contributed by atoms with van der Waals surface area (Å²) in [5.74, 6) is -0.573. The van der Waals surface area contributed by atoms with Gasteiger partial charge in [0, 0.05) is 14.9 Å². The second-order valence-electron chi connectivity index (χ2n) is 4.82. The van der Waals surface area contributed by atoms with Crippen molar-refractivity contribution in [1.29, 1.82) is 0 Å². The molecule has 2 N–H and O–H groups in total. The van der Waals surface area contributed by atoms with E-state index in [0.29, 0.717) is 5.69 Å². The van der Waals surface area contributed by atoms with Crippen molar-refractivity contribution in [3.05, 3.63) is 57.4 Å². The van der Waals surface area contributed by atoms with E-state index < -0.39 is 6.04 Å². The molecule has 1 unspecified atom stereocenters. The third kappa shape index (κ3) is 4.42. The third-order valence-corrected chi connectivity index (χ3v) is 3.73. The molecule has 2 rings (SSSR count). The molecule has 1 atom stereocenters. The molecule has 2 aromatic rings. The Morgan fingerprint density at radius 3 is 2.71 bits per heavy atom. The van der Waals surface area contributed by atoms with Gasteiger partial charge in [0.15, 0.2) is 0 Å². The van der Waals surface area contributed by atoms with Crippen LogP contribution in [0.1, 0.15) is 12.5 Å². The zero-order chi connectivity index (χ0) is 15.4. The van der Waals surface area contributed by atoms with Crippen LogP contribution in [0.25, 0.3) is 0 Å². The second-order valence-corrected chi connectivity index (χ2v) is 6.07. The standard InChI is InChI=1S/C16H16FIN2O/c1-10-6-7-12(17)8-15(10)20-16(21)11(2)19-14-5-3-4-13(18)9-14/h3-9,11,19H,1-2H3,(H,20,21). The molecule has 1 amide bonds. The largest absolute Gasteiger partial charge is 0.374 e. The number of aryl methyl sites for hydroxylation is 1. The summed E-state index contributed by atoms with van der Waals surface area (Å²) >= 11 is 2.21. The van der Waals surface area contributed by atoms with Crippen LogP contribution in [0.4, 0.5) is 15.8 Å². The monoisotopic (exact) mass is 398 g/mol. The van der Waals surface area contributed by atoms with Crippen LogP contribution in [-0.2, 0) is 4.79 Å². The molecule has 110 valence electrons. The fourth-order valence-electron chi connectivity index (χ4n) is 1.86. The Balaban J connectivity index is 2.04. The summed E-state index contributed by atoms with van der Waals surface area (Å²) in [5, 5.41) is 5.87. The van der Waals surface area contributed by atoms with Gasteiger partial charge in [0.1, 0.15) is 11.9 Å². The summed E-state index contributed by atoms with van der Waals surface area (Å²) in [4.78, 5) is 12.2. The molecule has 0 fully saturated rings. The predicted molar refractivity (Wildman–Crippen MR) is 92.0 cm³/mol. The molecule has 2 aromatic carbocycles. The minimum Gasteiger partial charge on any atom is -0.374 e. The van der Waals surface area contributed by atoms with E-state index in [4.69, 9.17) is 0 Å². The van der Waals surface area contributed by atoms with Crippen molar-refractivity contribution in [2.45, 2.75) is 19.9 Å². The number of hydrogen-bond acceptors (Lipinski definition) is 2. The molecular formula is C16H16FIN2O. The number of anilines is 2. The first kappa shape index (κ1) is 15.8. The van der Waals surface area contributed by atoms with Crippen LogP contribution in [-0.4, -0.2) is 11.9 Å². The Hall–Kier alpha value is -1.63. The summed E-state index contributed by atoms with van der Waals surface area (Å²) in [5.41, 5.74) is 2.20. The first-order chi connectivity index (χ1) is 9.95. The van der Waals surface area contributed by atoms with Crippen LogP contribution in [0.15, 0.2) is 42.5 Å². The first-order valence-electron chi connectivity index (χ1n) is 6.55. The van der Waals surface area contributed by atoms with Gasteiger partial charge in [-0.05, 0) is 72.3 Å². The third-order valence-electron chi connectivity index (χ3n) is 3.06. The van der Waals surface area contributed by atoms with Crippen molar-refractivity contribution in [2.75, 3.05) is 10.6 Å². The quantitative estimate of drug-likeness (QED) is 0.759. The maximum Gasteiger partial charge on any atom is 0.246 e. The summed E-state index contributed by atoms with van der Waals surface area (Å²) < 4.78 is 14.3. The van der Waals surface area contributed by atoms with Gasteiger partial charge in [0.05, 0.1) is 0 Å². The summed E-state index contributed by atoms with van der Waals surface area (Å²) in [6.45, 7) is 3.59. The highest BCUT2D eigenvalue weighted by atomic mass is 127.